The molecule has 1 rings (SSSR count). The number of ether oxygens (including phenoxy) is 2. The van der Waals surface area contributed by atoms with Gasteiger partial charge in [0.25, 0.3) is 5.91 Å². The van der Waals surface area contributed by atoms with E-state index in [-0.39, 0.29) is 5.92 Å². The van der Waals surface area contributed by atoms with E-state index >= 15 is 0 Å². The third kappa shape index (κ3) is 7.34. The number of amides is 3. The number of esters is 1. The third-order valence-corrected chi connectivity index (χ3v) is 2.94. The Hall–Kier alpha value is -3.10. The second kappa shape index (κ2) is 9.91. The van der Waals surface area contributed by atoms with Crippen LogP contribution in [0.4, 0.5) is 4.79 Å². The van der Waals surface area contributed by atoms with Crippen LogP contribution < -0.4 is 15.8 Å². The molecule has 0 radical (unpaired) electrons. The average Bonchev–Trinajstić information content (AvgIpc) is 2.56. The summed E-state index contributed by atoms with van der Waals surface area (Å²) in [6, 6.07) is 5.99. The van der Waals surface area contributed by atoms with Crippen LogP contribution in [0.5, 0.6) is 5.75 Å². The maximum absolute atomic E-state index is 11.7. The van der Waals surface area contributed by atoms with E-state index in [9.17, 15) is 14.4 Å². The molecule has 0 fully saturated rings. The Labute approximate surface area is 145 Å². The fourth-order valence-corrected chi connectivity index (χ4v) is 1.74. The number of urea groups is 1. The lowest BCUT2D eigenvalue weighted by molar-refractivity contribution is -0.162. The fourth-order valence-electron chi connectivity index (χ4n) is 1.74. The van der Waals surface area contributed by atoms with Crippen molar-refractivity contribution in [1.29, 1.82) is 0 Å². The van der Waals surface area contributed by atoms with Gasteiger partial charge in [-0.3, -0.25) is 10.1 Å². The summed E-state index contributed by atoms with van der Waals surface area (Å²) in [6.07, 6.45) is 0.251. The van der Waals surface area contributed by atoms with Gasteiger partial charge in [-0.2, -0.15) is 0 Å². The van der Waals surface area contributed by atoms with Gasteiger partial charge in [-0.15, -0.1) is 0 Å². The highest BCUT2D eigenvalue weighted by atomic mass is 16.7. The summed E-state index contributed by atoms with van der Waals surface area (Å²) in [7, 11) is 1.56. The molecule has 1 aromatic carbocycles. The molecule has 1 atom stereocenters. The lowest BCUT2D eigenvalue weighted by Crippen LogP contribution is -2.45. The maximum Gasteiger partial charge on any atom is 0.347 e. The van der Waals surface area contributed by atoms with E-state index in [1.807, 2.05) is 5.32 Å². The summed E-state index contributed by atoms with van der Waals surface area (Å²) < 4.78 is 10.0. The number of rotatable bonds is 8. The van der Waals surface area contributed by atoms with Crippen LogP contribution in [-0.2, 0) is 19.2 Å². The summed E-state index contributed by atoms with van der Waals surface area (Å²) in [4.78, 5) is 39.0. The van der Waals surface area contributed by atoms with Gasteiger partial charge in [0.05, 0.1) is 13.3 Å². The molecule has 1 aromatic rings. The minimum Gasteiger partial charge on any atom is -0.497 e. The summed E-state index contributed by atoms with van der Waals surface area (Å²) in [6.45, 7) is 2.82. The van der Waals surface area contributed by atoms with Crippen molar-refractivity contribution in [2.24, 2.45) is 16.8 Å². The van der Waals surface area contributed by atoms with Crippen LogP contribution in [0.25, 0.3) is 0 Å². The second-order valence-corrected chi connectivity index (χ2v) is 5.29. The Bertz CT molecular complexity index is 627. The molecule has 0 spiro atoms. The Morgan fingerprint density at radius 2 is 1.88 bits per heavy atom. The number of methoxy groups -OCH3 is 1. The Morgan fingerprint density at radius 3 is 2.40 bits per heavy atom. The van der Waals surface area contributed by atoms with Crippen LogP contribution in [-0.4, -0.2) is 43.9 Å². The van der Waals surface area contributed by atoms with Crippen LogP contribution in [0, 0.1) is 5.92 Å². The van der Waals surface area contributed by atoms with E-state index in [1.165, 1.54) is 6.21 Å². The number of nitrogens with one attached hydrogen (secondary N) is 1. The number of primary amides is 1. The SMILES string of the molecule is COc1ccc(/C=N\OCC(=O)O[C@H](C(=O)NC(N)=O)C(C)C)cc1. The number of nitrogens with two attached hydrogens (primary N) is 1. The standard InChI is InChI=1S/C16H21N3O6/c1-10(2)14(15(21)19-16(17)22)25-13(20)9-24-18-8-11-4-6-12(23-3)7-5-11/h4-8,10,14H,9H2,1-3H3,(H3,17,19,21,22)/b18-8-/t14-/m0/s1. The monoisotopic (exact) mass is 351 g/mol. The van der Waals surface area contributed by atoms with Crippen LogP contribution in [0.3, 0.4) is 0 Å². The van der Waals surface area contributed by atoms with E-state index < -0.39 is 30.6 Å². The summed E-state index contributed by atoms with van der Waals surface area (Å²) in [5.41, 5.74) is 5.62. The zero-order valence-electron chi connectivity index (χ0n) is 14.2. The predicted octanol–water partition coefficient (Wildman–Crippen LogP) is 0.808. The minimum absolute atomic E-state index is 0.355. The molecule has 0 aliphatic heterocycles. The van der Waals surface area contributed by atoms with Crippen LogP contribution in [0.2, 0.25) is 0 Å². The summed E-state index contributed by atoms with van der Waals surface area (Å²) >= 11 is 0. The van der Waals surface area contributed by atoms with Gasteiger partial charge in [0.1, 0.15) is 5.75 Å². The highest BCUT2D eigenvalue weighted by Crippen LogP contribution is 2.10. The zero-order chi connectivity index (χ0) is 18.8. The van der Waals surface area contributed by atoms with E-state index in [1.54, 1.807) is 45.2 Å². The number of carbonyl (C=O) groups excluding carboxylic acids is 3. The van der Waals surface area contributed by atoms with E-state index in [0.717, 1.165) is 5.56 Å². The van der Waals surface area contributed by atoms with Gasteiger partial charge < -0.3 is 20.0 Å². The van der Waals surface area contributed by atoms with Crippen LogP contribution in [0.15, 0.2) is 29.4 Å². The first-order valence-corrected chi connectivity index (χ1v) is 7.42. The lowest BCUT2D eigenvalue weighted by Gasteiger charge is -2.19. The minimum atomic E-state index is -1.16. The second-order valence-electron chi connectivity index (χ2n) is 5.29. The van der Waals surface area contributed by atoms with E-state index in [4.69, 9.17) is 20.0 Å². The van der Waals surface area contributed by atoms with Crippen molar-refractivity contribution in [3.63, 3.8) is 0 Å². The van der Waals surface area contributed by atoms with Crippen molar-refractivity contribution >= 4 is 24.1 Å². The van der Waals surface area contributed by atoms with Gasteiger partial charge in [0.15, 0.2) is 6.10 Å². The van der Waals surface area contributed by atoms with Crippen molar-refractivity contribution < 1.29 is 28.7 Å². The van der Waals surface area contributed by atoms with Crippen LogP contribution in [0.1, 0.15) is 19.4 Å². The summed E-state index contributed by atoms with van der Waals surface area (Å²) in [5, 5.41) is 5.51. The highest BCUT2D eigenvalue weighted by Gasteiger charge is 2.27. The molecule has 25 heavy (non-hydrogen) atoms. The van der Waals surface area contributed by atoms with Gasteiger partial charge in [0, 0.05) is 0 Å². The summed E-state index contributed by atoms with van der Waals surface area (Å²) in [5.74, 6) is -1.25. The van der Waals surface area contributed by atoms with Gasteiger partial charge >= 0.3 is 12.0 Å². The number of oxime groups is 1. The number of imide groups is 1. The molecular formula is C16H21N3O6. The smallest absolute Gasteiger partial charge is 0.347 e. The molecule has 3 N–H and O–H groups in total. The molecule has 3 amide bonds. The Morgan fingerprint density at radius 1 is 1.24 bits per heavy atom. The van der Waals surface area contributed by atoms with Crippen molar-refractivity contribution in [2.75, 3.05) is 13.7 Å². The highest BCUT2D eigenvalue weighted by molar-refractivity contribution is 5.96. The zero-order valence-corrected chi connectivity index (χ0v) is 14.2. The van der Waals surface area contributed by atoms with Gasteiger partial charge in [-0.1, -0.05) is 19.0 Å². The number of hydrogen-bond donors (Lipinski definition) is 2. The fraction of sp³-hybridized carbons (Fsp3) is 0.375. The van der Waals surface area contributed by atoms with Gasteiger partial charge in [-0.25, -0.2) is 9.59 Å². The molecule has 9 nitrogen and oxygen atoms in total. The molecule has 136 valence electrons. The molecule has 0 aromatic heterocycles. The number of hydrogen-bond acceptors (Lipinski definition) is 7. The first-order chi connectivity index (χ1) is 11.8. The molecule has 0 saturated heterocycles. The largest absolute Gasteiger partial charge is 0.497 e. The molecule has 0 unspecified atom stereocenters. The lowest BCUT2D eigenvalue weighted by atomic mass is 10.1. The first-order valence-electron chi connectivity index (χ1n) is 7.42. The van der Waals surface area contributed by atoms with Crippen molar-refractivity contribution in [1.82, 2.24) is 5.32 Å². The molecule has 0 aliphatic carbocycles. The van der Waals surface area contributed by atoms with Crippen LogP contribution >= 0.6 is 0 Å². The molecular weight excluding hydrogens is 330 g/mol. The van der Waals surface area contributed by atoms with E-state index in [0.29, 0.717) is 5.75 Å². The molecule has 0 heterocycles. The van der Waals surface area contributed by atoms with Gasteiger partial charge in [0.2, 0.25) is 6.61 Å². The normalized spacial score (nSPS) is 11.8. The predicted molar refractivity (Wildman–Crippen MR) is 89.0 cm³/mol. The first kappa shape index (κ1) is 19.9. The Balaban J connectivity index is 2.47. The molecule has 0 bridgehead atoms. The van der Waals surface area contributed by atoms with Crippen molar-refractivity contribution in [3.8, 4) is 5.75 Å². The molecule has 9 heteroatoms. The Kier molecular flexibility index (Phi) is 7.91. The quantitative estimate of drug-likeness (QED) is 0.405. The molecule has 0 saturated carbocycles. The number of benzene rings is 1. The van der Waals surface area contributed by atoms with E-state index in [2.05, 4.69) is 5.16 Å². The third-order valence-electron chi connectivity index (χ3n) is 2.94. The maximum atomic E-state index is 11.7. The topological polar surface area (TPSA) is 129 Å². The average molecular weight is 351 g/mol. The molecule has 0 aliphatic rings. The van der Waals surface area contributed by atoms with Crippen molar-refractivity contribution in [3.05, 3.63) is 29.8 Å². The van der Waals surface area contributed by atoms with Gasteiger partial charge in [-0.05, 0) is 35.7 Å². The number of nitrogens with zero attached hydrogens (tertiary/aromatic N) is 1. The van der Waals surface area contributed by atoms with Crippen molar-refractivity contribution in [2.45, 2.75) is 20.0 Å². The number of carbonyl (C=O) groups is 3.